The second-order valence-corrected chi connectivity index (χ2v) is 15.2. The molecule has 62 heavy (non-hydrogen) atoms. The number of ether oxygens (including phenoxy) is 3. The molecule has 1 amide bonds. The highest BCUT2D eigenvalue weighted by atomic mass is 19.4. The van der Waals surface area contributed by atoms with Gasteiger partial charge in [-0.25, -0.2) is 18.7 Å². The molecular formula is C45H45F5N6O6. The number of rotatable bonds is 16. The average molecular weight is 861 g/mol. The summed E-state index contributed by atoms with van der Waals surface area (Å²) < 4.78 is 86.6. The van der Waals surface area contributed by atoms with Crippen LogP contribution in [0, 0.1) is 17.6 Å². The first kappa shape index (κ1) is 43.7. The van der Waals surface area contributed by atoms with Gasteiger partial charge in [-0.05, 0) is 92.9 Å². The molecule has 2 unspecified atom stereocenters. The smallest absolute Gasteiger partial charge is 0.406 e. The van der Waals surface area contributed by atoms with Crippen molar-refractivity contribution in [3.63, 3.8) is 0 Å². The largest absolute Gasteiger partial charge is 0.493 e. The number of hydrogen-bond donors (Lipinski definition) is 2. The summed E-state index contributed by atoms with van der Waals surface area (Å²) in [6.45, 7) is 1.78. The average Bonchev–Trinajstić information content (AvgIpc) is 3.88. The molecule has 1 fully saturated rings. The number of piperidine rings is 1. The number of halogens is 5. The number of imidazole rings is 2. The van der Waals surface area contributed by atoms with E-state index in [-0.39, 0.29) is 51.9 Å². The van der Waals surface area contributed by atoms with Gasteiger partial charge in [0.15, 0.2) is 34.8 Å². The van der Waals surface area contributed by atoms with Crippen molar-refractivity contribution in [3.8, 4) is 17.2 Å². The molecule has 3 heterocycles. The first-order chi connectivity index (χ1) is 29.7. The number of likely N-dealkylation sites (tertiary alicyclic amines) is 1. The maximum Gasteiger partial charge on any atom is 0.406 e. The summed E-state index contributed by atoms with van der Waals surface area (Å²) in [5.41, 5.74) is 1.69. The number of benzene rings is 4. The van der Waals surface area contributed by atoms with Crippen molar-refractivity contribution in [1.82, 2.24) is 29.7 Å². The molecule has 2 N–H and O–H groups in total. The lowest BCUT2D eigenvalue weighted by molar-refractivity contribution is -0.140. The maximum absolute atomic E-state index is 14.6. The number of para-hydroxylation sites is 3. The van der Waals surface area contributed by atoms with E-state index < -0.39 is 53.7 Å². The number of nitrogens with one attached hydrogen (secondary N) is 2. The molecule has 0 bridgehead atoms. The summed E-state index contributed by atoms with van der Waals surface area (Å²) in [4.78, 5) is 55.3. The molecule has 0 spiro atoms. The molecule has 1 aliphatic rings. The van der Waals surface area contributed by atoms with E-state index >= 15 is 0 Å². The summed E-state index contributed by atoms with van der Waals surface area (Å²) in [7, 11) is 4.33. The van der Waals surface area contributed by atoms with Gasteiger partial charge in [-0.15, -0.1) is 0 Å². The third-order valence-electron chi connectivity index (χ3n) is 11.5. The predicted octanol–water partition coefficient (Wildman–Crippen LogP) is 8.29. The molecule has 0 radical (unpaired) electrons. The Labute approximate surface area is 353 Å². The van der Waals surface area contributed by atoms with Gasteiger partial charge >= 0.3 is 6.18 Å². The fourth-order valence-electron chi connectivity index (χ4n) is 8.30. The topological polar surface area (TPSA) is 141 Å². The number of Topliss-reactive ketones (excluding diaryl/α,β-unsaturated/α-hetero) is 1. The standard InChI is InChI=1S/C45H45F5N6O6/c1-5-29(19-28(26-13-14-31(46)32(47)20-26)23-51-44(59)27-21-36(60-2)41(62-4)37(22-27)61-3)55-17-15-25(16-18-55)39(57)42-52-34-11-8-9-30(38(34)54-42)40(58)43-53-33-10-6-7-12-35(33)56(43)24-45(48,49)50/h6-14,20-22,25,28-29H,5,15-19,23-24H2,1-4H3,(H,51,59)(H,52,54). The Morgan fingerprint density at radius 3 is 2.24 bits per heavy atom. The molecule has 7 rings (SSSR count). The lowest BCUT2D eigenvalue weighted by Gasteiger charge is -2.38. The van der Waals surface area contributed by atoms with Crippen LogP contribution in [0.15, 0.2) is 72.8 Å². The normalized spacial score (nSPS) is 14.8. The van der Waals surface area contributed by atoms with E-state index in [1.165, 1.54) is 57.7 Å². The van der Waals surface area contributed by atoms with Gasteiger partial charge in [0.05, 0.1) is 43.4 Å². The summed E-state index contributed by atoms with van der Waals surface area (Å²) >= 11 is 0. The number of H-pyrrole nitrogens is 1. The number of amides is 1. The number of nitrogens with zero attached hydrogens (tertiary/aromatic N) is 4. The number of hydrogen-bond acceptors (Lipinski definition) is 9. The van der Waals surface area contributed by atoms with E-state index in [0.29, 0.717) is 67.1 Å². The van der Waals surface area contributed by atoms with Crippen LogP contribution in [0.25, 0.3) is 22.1 Å². The van der Waals surface area contributed by atoms with Gasteiger partial charge in [-0.1, -0.05) is 31.2 Å². The van der Waals surface area contributed by atoms with E-state index in [4.69, 9.17) is 14.2 Å². The third kappa shape index (κ3) is 9.12. The van der Waals surface area contributed by atoms with Crippen LogP contribution in [-0.2, 0) is 6.54 Å². The lowest BCUT2D eigenvalue weighted by atomic mass is 9.87. The molecule has 1 saturated heterocycles. The second-order valence-electron chi connectivity index (χ2n) is 15.2. The molecule has 0 aliphatic carbocycles. The lowest BCUT2D eigenvalue weighted by Crippen LogP contribution is -2.44. The van der Waals surface area contributed by atoms with Gasteiger partial charge in [-0.3, -0.25) is 14.4 Å². The number of fused-ring (bicyclic) bond motifs is 2. The Bertz CT molecular complexity index is 2590. The molecule has 2 atom stereocenters. The molecule has 1 aliphatic heterocycles. The number of methoxy groups -OCH3 is 3. The molecular weight excluding hydrogens is 816 g/mol. The first-order valence-electron chi connectivity index (χ1n) is 20.1. The zero-order valence-corrected chi connectivity index (χ0v) is 34.4. The van der Waals surface area contributed by atoms with Crippen molar-refractivity contribution < 1.29 is 50.5 Å². The van der Waals surface area contributed by atoms with Crippen LogP contribution in [0.2, 0.25) is 0 Å². The summed E-state index contributed by atoms with van der Waals surface area (Å²) in [6, 6.07) is 17.6. The van der Waals surface area contributed by atoms with Gasteiger partial charge in [0, 0.05) is 30.0 Å². The van der Waals surface area contributed by atoms with Gasteiger partial charge in [0.1, 0.15) is 12.1 Å². The van der Waals surface area contributed by atoms with Crippen LogP contribution < -0.4 is 19.5 Å². The van der Waals surface area contributed by atoms with Crippen molar-refractivity contribution in [1.29, 1.82) is 0 Å². The van der Waals surface area contributed by atoms with Crippen molar-refractivity contribution in [2.75, 3.05) is 41.0 Å². The first-order valence-corrected chi connectivity index (χ1v) is 20.1. The van der Waals surface area contributed by atoms with Crippen LogP contribution >= 0.6 is 0 Å². The van der Waals surface area contributed by atoms with E-state index in [9.17, 15) is 36.3 Å². The number of aromatic amines is 1. The van der Waals surface area contributed by atoms with Gasteiger partial charge in [-0.2, -0.15) is 13.2 Å². The van der Waals surface area contributed by atoms with Gasteiger partial charge in [0.2, 0.25) is 17.3 Å². The Kier molecular flexibility index (Phi) is 12.9. The van der Waals surface area contributed by atoms with Crippen LogP contribution in [0.5, 0.6) is 17.2 Å². The van der Waals surface area contributed by atoms with Crippen LogP contribution in [-0.4, -0.2) is 95.1 Å². The molecule has 2 aromatic heterocycles. The fraction of sp³-hybridized carbons (Fsp3) is 0.356. The maximum atomic E-state index is 14.6. The number of ketones is 2. The highest BCUT2D eigenvalue weighted by Crippen LogP contribution is 2.38. The van der Waals surface area contributed by atoms with E-state index in [1.54, 1.807) is 24.3 Å². The summed E-state index contributed by atoms with van der Waals surface area (Å²) in [6.07, 6.45) is -2.49. The third-order valence-corrected chi connectivity index (χ3v) is 11.5. The molecule has 326 valence electrons. The molecule has 6 aromatic rings. The minimum Gasteiger partial charge on any atom is -0.493 e. The number of carbonyl (C=O) groups excluding carboxylic acids is 3. The quantitative estimate of drug-likeness (QED) is 0.0727. The zero-order chi connectivity index (χ0) is 44.3. The van der Waals surface area contributed by atoms with Gasteiger partial charge < -0.3 is 34.0 Å². The predicted molar refractivity (Wildman–Crippen MR) is 220 cm³/mol. The second kappa shape index (κ2) is 18.3. The Morgan fingerprint density at radius 2 is 1.60 bits per heavy atom. The van der Waals surface area contributed by atoms with E-state index in [2.05, 4.69) is 25.2 Å². The monoisotopic (exact) mass is 860 g/mol. The minimum absolute atomic E-state index is 0.00682. The van der Waals surface area contributed by atoms with E-state index in [1.807, 2.05) is 6.92 Å². The molecule has 4 aromatic carbocycles. The molecule has 12 nitrogen and oxygen atoms in total. The highest BCUT2D eigenvalue weighted by Gasteiger charge is 2.34. The van der Waals surface area contributed by atoms with Crippen molar-refractivity contribution in [3.05, 3.63) is 113 Å². The Morgan fingerprint density at radius 1 is 0.887 bits per heavy atom. The van der Waals surface area contributed by atoms with Crippen LogP contribution in [0.4, 0.5) is 22.0 Å². The Hall–Kier alpha value is -6.36. The highest BCUT2D eigenvalue weighted by molar-refractivity contribution is 6.15. The zero-order valence-electron chi connectivity index (χ0n) is 34.4. The van der Waals surface area contributed by atoms with Crippen LogP contribution in [0.3, 0.4) is 0 Å². The van der Waals surface area contributed by atoms with Crippen molar-refractivity contribution in [2.24, 2.45) is 5.92 Å². The minimum atomic E-state index is -4.62. The SMILES string of the molecule is CCC(CC(CNC(=O)c1cc(OC)c(OC)c(OC)c1)c1ccc(F)c(F)c1)N1CCC(C(=O)c2nc3c(C(=O)c4nc5ccccc5n4CC(F)(F)F)cccc3[nH]2)CC1. The number of carbonyl (C=O) groups is 3. The van der Waals surface area contributed by atoms with Crippen molar-refractivity contribution >= 4 is 39.5 Å². The fourth-order valence-corrected chi connectivity index (χ4v) is 8.30. The van der Waals surface area contributed by atoms with Gasteiger partial charge in [0.25, 0.3) is 5.91 Å². The van der Waals surface area contributed by atoms with Crippen LogP contribution in [0.1, 0.15) is 81.2 Å². The molecule has 17 heteroatoms. The molecule has 0 saturated carbocycles. The van der Waals surface area contributed by atoms with E-state index in [0.717, 1.165) is 16.7 Å². The number of aromatic nitrogens is 4. The number of alkyl halides is 3. The van der Waals surface area contributed by atoms with Crippen molar-refractivity contribution in [2.45, 2.75) is 57.3 Å². The summed E-state index contributed by atoms with van der Waals surface area (Å²) in [5, 5.41) is 2.94. The Balaban J connectivity index is 1.05. The summed E-state index contributed by atoms with van der Waals surface area (Å²) in [5.74, 6) is -3.72.